The molecule has 2 N–H and O–H groups in total. The minimum Gasteiger partial charge on any atom is -0.496 e. The molecule has 1 fully saturated rings. The van der Waals surface area contributed by atoms with Crippen LogP contribution >= 0.6 is 0 Å². The molecular weight excluding hydrogens is 284 g/mol. The van der Waals surface area contributed by atoms with E-state index in [1.54, 1.807) is 0 Å². The fourth-order valence-corrected chi connectivity index (χ4v) is 3.52. The standard InChI is InChI=1S/C12H16N2O5S/c1-19-11-3-2-9(8-10(11)12(15)16)20(17,18)14-6-4-13-5-7-14/h2-3,8,13H,4-7H2,1H3,(H,15,16). The summed E-state index contributed by atoms with van der Waals surface area (Å²) in [6.07, 6.45) is 0. The predicted octanol–water partition coefficient (Wildman–Crippen LogP) is -0.0127. The lowest BCUT2D eigenvalue weighted by molar-refractivity contribution is 0.0693. The molecule has 0 amide bonds. The zero-order valence-corrected chi connectivity index (χ0v) is 11.8. The molecule has 8 heteroatoms. The van der Waals surface area contributed by atoms with E-state index in [1.165, 1.54) is 23.5 Å². The number of rotatable bonds is 4. The van der Waals surface area contributed by atoms with Gasteiger partial charge in [0.15, 0.2) is 0 Å². The average Bonchev–Trinajstić information content (AvgIpc) is 2.47. The highest BCUT2D eigenvalue weighted by molar-refractivity contribution is 7.89. The Labute approximate surface area is 117 Å². The van der Waals surface area contributed by atoms with Crippen LogP contribution < -0.4 is 10.1 Å². The third-order valence-corrected chi connectivity index (χ3v) is 5.01. The zero-order chi connectivity index (χ0) is 14.8. The van der Waals surface area contributed by atoms with Gasteiger partial charge < -0.3 is 15.2 Å². The summed E-state index contributed by atoms with van der Waals surface area (Å²) in [5.41, 5.74) is -0.163. The molecule has 0 unspecified atom stereocenters. The van der Waals surface area contributed by atoms with Crippen molar-refractivity contribution in [2.75, 3.05) is 33.3 Å². The normalized spacial score (nSPS) is 16.9. The summed E-state index contributed by atoms with van der Waals surface area (Å²) in [4.78, 5) is 11.1. The Bertz CT molecular complexity index is 608. The van der Waals surface area contributed by atoms with E-state index in [0.29, 0.717) is 26.2 Å². The summed E-state index contributed by atoms with van der Waals surface area (Å²) in [7, 11) is -2.33. The molecule has 1 aromatic carbocycles. The fraction of sp³-hybridized carbons (Fsp3) is 0.417. The van der Waals surface area contributed by atoms with Gasteiger partial charge in [-0.2, -0.15) is 4.31 Å². The Morgan fingerprint density at radius 3 is 2.55 bits per heavy atom. The highest BCUT2D eigenvalue weighted by Crippen LogP contribution is 2.24. The van der Waals surface area contributed by atoms with Crippen molar-refractivity contribution in [3.05, 3.63) is 23.8 Å². The molecule has 20 heavy (non-hydrogen) atoms. The van der Waals surface area contributed by atoms with Gasteiger partial charge in [0, 0.05) is 26.2 Å². The Morgan fingerprint density at radius 2 is 2.00 bits per heavy atom. The lowest BCUT2D eigenvalue weighted by Crippen LogP contribution is -2.46. The first kappa shape index (κ1) is 14.8. The summed E-state index contributed by atoms with van der Waals surface area (Å²) >= 11 is 0. The number of benzene rings is 1. The molecule has 1 heterocycles. The molecule has 0 aliphatic carbocycles. The van der Waals surface area contributed by atoms with Crippen molar-refractivity contribution >= 4 is 16.0 Å². The Hall–Kier alpha value is -1.64. The van der Waals surface area contributed by atoms with E-state index >= 15 is 0 Å². The van der Waals surface area contributed by atoms with Crippen LogP contribution in [0.3, 0.4) is 0 Å². The van der Waals surface area contributed by atoms with Crippen LogP contribution in [0.4, 0.5) is 0 Å². The molecule has 1 aliphatic rings. The smallest absolute Gasteiger partial charge is 0.339 e. The number of hydrogen-bond donors (Lipinski definition) is 2. The van der Waals surface area contributed by atoms with E-state index in [-0.39, 0.29) is 16.2 Å². The van der Waals surface area contributed by atoms with Gasteiger partial charge in [-0.25, -0.2) is 13.2 Å². The number of nitrogens with one attached hydrogen (secondary N) is 1. The van der Waals surface area contributed by atoms with Gasteiger partial charge in [-0.1, -0.05) is 0 Å². The molecule has 0 radical (unpaired) electrons. The molecule has 110 valence electrons. The third kappa shape index (κ3) is 2.77. The summed E-state index contributed by atoms with van der Waals surface area (Å²) < 4.78 is 31.1. The molecule has 1 aromatic rings. The first-order valence-corrected chi connectivity index (χ1v) is 7.53. The number of piperazine rings is 1. The first-order chi connectivity index (χ1) is 9.46. The predicted molar refractivity (Wildman–Crippen MR) is 71.6 cm³/mol. The van der Waals surface area contributed by atoms with Crippen LogP contribution in [-0.4, -0.2) is 57.1 Å². The van der Waals surface area contributed by atoms with E-state index in [2.05, 4.69) is 5.32 Å². The van der Waals surface area contributed by atoms with Crippen molar-refractivity contribution in [2.45, 2.75) is 4.90 Å². The topological polar surface area (TPSA) is 95.9 Å². The molecule has 0 bridgehead atoms. The minimum atomic E-state index is -3.67. The summed E-state index contributed by atoms with van der Waals surface area (Å²) in [5.74, 6) is -1.09. The molecule has 0 spiro atoms. The lowest BCUT2D eigenvalue weighted by Gasteiger charge is -2.26. The summed E-state index contributed by atoms with van der Waals surface area (Å²) in [6.45, 7) is 1.91. The van der Waals surface area contributed by atoms with Gasteiger partial charge in [0.25, 0.3) is 0 Å². The Balaban J connectivity index is 2.41. The van der Waals surface area contributed by atoms with Crippen LogP contribution in [0.1, 0.15) is 10.4 Å². The number of methoxy groups -OCH3 is 1. The largest absolute Gasteiger partial charge is 0.496 e. The summed E-state index contributed by atoms with van der Waals surface area (Å²) in [5, 5.41) is 12.2. The van der Waals surface area contributed by atoms with Crippen molar-refractivity contribution in [3.63, 3.8) is 0 Å². The van der Waals surface area contributed by atoms with Crippen LogP contribution in [0.15, 0.2) is 23.1 Å². The monoisotopic (exact) mass is 300 g/mol. The van der Waals surface area contributed by atoms with Crippen LogP contribution in [0.5, 0.6) is 5.75 Å². The van der Waals surface area contributed by atoms with Crippen molar-refractivity contribution < 1.29 is 23.1 Å². The molecule has 0 saturated carbocycles. The van der Waals surface area contributed by atoms with Gasteiger partial charge in [-0.15, -0.1) is 0 Å². The average molecular weight is 300 g/mol. The van der Waals surface area contributed by atoms with Gasteiger partial charge in [0.1, 0.15) is 11.3 Å². The molecule has 7 nitrogen and oxygen atoms in total. The van der Waals surface area contributed by atoms with Gasteiger partial charge >= 0.3 is 5.97 Å². The fourth-order valence-electron chi connectivity index (χ4n) is 2.05. The molecular formula is C12H16N2O5S. The van der Waals surface area contributed by atoms with Crippen molar-refractivity contribution in [2.24, 2.45) is 0 Å². The number of nitrogens with zero attached hydrogens (tertiary/aromatic N) is 1. The quantitative estimate of drug-likeness (QED) is 0.812. The second kappa shape index (κ2) is 5.78. The summed E-state index contributed by atoms with van der Waals surface area (Å²) in [6, 6.07) is 3.86. The maximum Gasteiger partial charge on any atom is 0.339 e. The lowest BCUT2D eigenvalue weighted by atomic mass is 10.2. The van der Waals surface area contributed by atoms with E-state index < -0.39 is 16.0 Å². The number of sulfonamides is 1. The van der Waals surface area contributed by atoms with Crippen LogP contribution in [0, 0.1) is 0 Å². The van der Waals surface area contributed by atoms with Crippen molar-refractivity contribution in [1.29, 1.82) is 0 Å². The number of aromatic carboxylic acids is 1. The van der Waals surface area contributed by atoms with Gasteiger partial charge in [0.2, 0.25) is 10.0 Å². The van der Waals surface area contributed by atoms with Gasteiger partial charge in [-0.05, 0) is 18.2 Å². The molecule has 2 rings (SSSR count). The first-order valence-electron chi connectivity index (χ1n) is 6.09. The highest BCUT2D eigenvalue weighted by Gasteiger charge is 2.27. The number of carboxylic acids is 1. The Kier molecular flexibility index (Phi) is 4.26. The van der Waals surface area contributed by atoms with E-state index in [1.807, 2.05) is 0 Å². The maximum atomic E-state index is 12.4. The van der Waals surface area contributed by atoms with Crippen molar-refractivity contribution in [3.8, 4) is 5.75 Å². The van der Waals surface area contributed by atoms with Gasteiger partial charge in [0.05, 0.1) is 12.0 Å². The Morgan fingerprint density at radius 1 is 1.35 bits per heavy atom. The van der Waals surface area contributed by atoms with Crippen molar-refractivity contribution in [1.82, 2.24) is 9.62 Å². The van der Waals surface area contributed by atoms with E-state index in [4.69, 9.17) is 9.84 Å². The van der Waals surface area contributed by atoms with Crippen LogP contribution in [0.25, 0.3) is 0 Å². The molecule has 0 aromatic heterocycles. The number of carboxylic acid groups (broad SMARTS) is 1. The SMILES string of the molecule is COc1ccc(S(=O)(=O)N2CCNCC2)cc1C(=O)O. The van der Waals surface area contributed by atoms with Crippen LogP contribution in [-0.2, 0) is 10.0 Å². The number of hydrogen-bond acceptors (Lipinski definition) is 5. The van der Waals surface area contributed by atoms with Crippen LogP contribution in [0.2, 0.25) is 0 Å². The number of ether oxygens (including phenoxy) is 1. The van der Waals surface area contributed by atoms with Gasteiger partial charge in [-0.3, -0.25) is 0 Å². The second-order valence-corrected chi connectivity index (χ2v) is 6.26. The molecule has 1 aliphatic heterocycles. The van der Waals surface area contributed by atoms with E-state index in [9.17, 15) is 13.2 Å². The minimum absolute atomic E-state index is 0.0300. The zero-order valence-electron chi connectivity index (χ0n) is 11.0. The third-order valence-electron chi connectivity index (χ3n) is 3.12. The second-order valence-electron chi connectivity index (χ2n) is 4.32. The highest BCUT2D eigenvalue weighted by atomic mass is 32.2. The van der Waals surface area contributed by atoms with E-state index in [0.717, 1.165) is 6.07 Å². The number of carbonyl (C=O) groups is 1. The maximum absolute atomic E-state index is 12.4. The molecule has 1 saturated heterocycles. The molecule has 0 atom stereocenters.